The Balaban J connectivity index is 3.21. The lowest BCUT2D eigenvalue weighted by atomic mass is 10.3. The van der Waals surface area contributed by atoms with E-state index in [1.807, 2.05) is 0 Å². The Morgan fingerprint density at radius 2 is 1.83 bits per heavy atom. The molecule has 0 atom stereocenters. The Bertz CT molecular complexity index is 589. The van der Waals surface area contributed by atoms with Crippen LogP contribution in [0.3, 0.4) is 0 Å². The number of carbonyl (C=O) groups excluding carboxylic acids is 1. The normalized spacial score (nSPS) is 11.8. The van der Waals surface area contributed by atoms with Crippen molar-refractivity contribution in [2.24, 2.45) is 5.14 Å². The van der Waals surface area contributed by atoms with Gasteiger partial charge >= 0.3 is 0 Å². The summed E-state index contributed by atoms with van der Waals surface area (Å²) in [6.07, 6.45) is 2.82. The van der Waals surface area contributed by atoms with E-state index in [1.54, 1.807) is 6.92 Å². The van der Waals surface area contributed by atoms with E-state index in [2.05, 4.69) is 5.32 Å². The van der Waals surface area contributed by atoms with Gasteiger partial charge in [0.05, 0.1) is 20.6 Å². The number of rotatable bonds is 3. The Kier molecular flexibility index (Phi) is 4.75. The van der Waals surface area contributed by atoms with Gasteiger partial charge in [-0.2, -0.15) is 0 Å². The summed E-state index contributed by atoms with van der Waals surface area (Å²) >= 11 is 11.7. The van der Waals surface area contributed by atoms with E-state index in [1.165, 1.54) is 12.2 Å². The number of primary sulfonamides is 1. The van der Waals surface area contributed by atoms with Crippen LogP contribution in [-0.2, 0) is 14.8 Å². The minimum absolute atomic E-state index is 0.00984. The lowest BCUT2D eigenvalue weighted by Crippen LogP contribution is -2.13. The molecule has 0 fully saturated rings. The third-order valence-electron chi connectivity index (χ3n) is 1.91. The first-order valence-electron chi connectivity index (χ1n) is 4.71. The maximum atomic E-state index is 11.3. The molecule has 0 unspecified atom stereocenters. The van der Waals surface area contributed by atoms with Crippen LogP contribution in [0.4, 0.5) is 5.69 Å². The average molecular weight is 309 g/mol. The molecule has 0 bridgehead atoms. The van der Waals surface area contributed by atoms with Gasteiger partial charge in [-0.05, 0) is 25.1 Å². The minimum Gasteiger partial charge on any atom is -0.320 e. The van der Waals surface area contributed by atoms with Crippen LogP contribution < -0.4 is 10.5 Å². The lowest BCUT2D eigenvalue weighted by Gasteiger charge is -2.09. The largest absolute Gasteiger partial charge is 0.320 e. The predicted octanol–water partition coefficient (Wildman–Crippen LogP) is 2.16. The molecule has 98 valence electrons. The monoisotopic (exact) mass is 308 g/mol. The Labute approximate surface area is 115 Å². The summed E-state index contributed by atoms with van der Waals surface area (Å²) in [5.41, 5.74) is 0.133. The maximum absolute atomic E-state index is 11.3. The fourth-order valence-electron chi connectivity index (χ4n) is 1.15. The van der Waals surface area contributed by atoms with E-state index in [-0.39, 0.29) is 20.6 Å². The van der Waals surface area contributed by atoms with Gasteiger partial charge in [0.1, 0.15) is 0 Å². The van der Waals surface area contributed by atoms with E-state index < -0.39 is 15.9 Å². The zero-order valence-electron chi connectivity index (χ0n) is 9.28. The van der Waals surface area contributed by atoms with Gasteiger partial charge in [0.15, 0.2) is 0 Å². The van der Waals surface area contributed by atoms with Gasteiger partial charge in [0.25, 0.3) is 0 Å². The van der Waals surface area contributed by atoms with Crippen molar-refractivity contribution < 1.29 is 13.2 Å². The van der Waals surface area contributed by atoms with Crippen molar-refractivity contribution in [1.82, 2.24) is 0 Å². The Morgan fingerprint density at radius 1 is 1.33 bits per heavy atom. The molecule has 0 saturated heterocycles. The molecule has 0 radical (unpaired) electrons. The van der Waals surface area contributed by atoms with Crippen LogP contribution in [0.25, 0.3) is 0 Å². The number of hydrogen-bond acceptors (Lipinski definition) is 3. The van der Waals surface area contributed by atoms with Gasteiger partial charge in [0, 0.05) is 0 Å². The molecule has 0 saturated carbocycles. The number of allylic oxidation sites excluding steroid dienone is 1. The summed E-state index contributed by atoms with van der Waals surface area (Å²) in [6.45, 7) is 1.67. The summed E-state index contributed by atoms with van der Waals surface area (Å²) < 4.78 is 22.3. The number of sulfonamides is 1. The molecule has 8 heteroatoms. The number of hydrogen-bond donors (Lipinski definition) is 2. The smallest absolute Gasteiger partial charge is 0.248 e. The second kappa shape index (κ2) is 5.71. The SMILES string of the molecule is C/C=C/C(=O)Nc1c(Cl)cc(S(N)(=O)=O)cc1Cl. The van der Waals surface area contributed by atoms with E-state index in [0.717, 1.165) is 12.1 Å². The van der Waals surface area contributed by atoms with Crippen LogP contribution in [0.5, 0.6) is 0 Å². The van der Waals surface area contributed by atoms with Gasteiger partial charge in [-0.1, -0.05) is 29.3 Å². The molecule has 0 aliphatic rings. The number of benzene rings is 1. The van der Waals surface area contributed by atoms with E-state index in [0.29, 0.717) is 0 Å². The molecule has 0 aliphatic carbocycles. The van der Waals surface area contributed by atoms with Crippen molar-refractivity contribution in [2.75, 3.05) is 5.32 Å². The van der Waals surface area contributed by atoms with Crippen LogP contribution in [0.1, 0.15) is 6.92 Å². The highest BCUT2D eigenvalue weighted by atomic mass is 35.5. The molecule has 0 aliphatic heterocycles. The van der Waals surface area contributed by atoms with Crippen LogP contribution in [0, 0.1) is 0 Å². The molecule has 1 aromatic carbocycles. The summed E-state index contributed by atoms with van der Waals surface area (Å²) in [7, 11) is -3.90. The molecule has 1 amide bonds. The van der Waals surface area contributed by atoms with E-state index in [9.17, 15) is 13.2 Å². The summed E-state index contributed by atoms with van der Waals surface area (Å²) in [5.74, 6) is -0.426. The number of anilines is 1. The first-order valence-corrected chi connectivity index (χ1v) is 7.01. The Hall–Kier alpha value is -1.08. The molecule has 0 heterocycles. The number of halogens is 2. The number of amides is 1. The quantitative estimate of drug-likeness (QED) is 0.838. The van der Waals surface area contributed by atoms with Crippen molar-refractivity contribution in [3.05, 3.63) is 34.3 Å². The molecule has 5 nitrogen and oxygen atoms in total. The zero-order chi connectivity index (χ0) is 13.9. The lowest BCUT2D eigenvalue weighted by molar-refractivity contribution is -0.111. The molecule has 1 aromatic rings. The third kappa shape index (κ3) is 3.71. The Morgan fingerprint density at radius 3 is 2.22 bits per heavy atom. The molecule has 3 N–H and O–H groups in total. The van der Waals surface area contributed by atoms with Crippen molar-refractivity contribution in [1.29, 1.82) is 0 Å². The summed E-state index contributed by atoms with van der Waals surface area (Å²) in [6, 6.07) is 2.24. The van der Waals surface area contributed by atoms with E-state index >= 15 is 0 Å². The fraction of sp³-hybridized carbons (Fsp3) is 0.100. The second-order valence-electron chi connectivity index (χ2n) is 3.30. The minimum atomic E-state index is -3.90. The van der Waals surface area contributed by atoms with Gasteiger partial charge < -0.3 is 5.32 Å². The van der Waals surface area contributed by atoms with Crippen molar-refractivity contribution in [3.8, 4) is 0 Å². The van der Waals surface area contributed by atoms with Gasteiger partial charge in [0.2, 0.25) is 15.9 Å². The topological polar surface area (TPSA) is 89.3 Å². The predicted molar refractivity (Wildman–Crippen MR) is 71.3 cm³/mol. The van der Waals surface area contributed by atoms with Crippen LogP contribution >= 0.6 is 23.2 Å². The highest BCUT2D eigenvalue weighted by Crippen LogP contribution is 2.33. The van der Waals surface area contributed by atoms with Crippen LogP contribution in [0.15, 0.2) is 29.2 Å². The average Bonchev–Trinajstić information content (AvgIpc) is 2.22. The highest BCUT2D eigenvalue weighted by molar-refractivity contribution is 7.89. The zero-order valence-corrected chi connectivity index (χ0v) is 11.6. The highest BCUT2D eigenvalue weighted by Gasteiger charge is 2.15. The molecule has 18 heavy (non-hydrogen) atoms. The van der Waals surface area contributed by atoms with Crippen molar-refractivity contribution >= 4 is 44.8 Å². The third-order valence-corrected chi connectivity index (χ3v) is 3.40. The van der Waals surface area contributed by atoms with Crippen molar-refractivity contribution in [2.45, 2.75) is 11.8 Å². The number of carbonyl (C=O) groups is 1. The molecule has 0 spiro atoms. The summed E-state index contributed by atoms with van der Waals surface area (Å²) in [4.78, 5) is 11.1. The molecule has 0 aromatic heterocycles. The molecule has 1 rings (SSSR count). The number of nitrogens with one attached hydrogen (secondary N) is 1. The molecular formula is C10H10Cl2N2O3S. The second-order valence-corrected chi connectivity index (χ2v) is 5.67. The first kappa shape index (κ1) is 15.0. The van der Waals surface area contributed by atoms with Crippen molar-refractivity contribution in [3.63, 3.8) is 0 Å². The summed E-state index contributed by atoms with van der Waals surface area (Å²) in [5, 5.41) is 7.36. The maximum Gasteiger partial charge on any atom is 0.248 e. The van der Waals surface area contributed by atoms with Gasteiger partial charge in [-0.15, -0.1) is 0 Å². The van der Waals surface area contributed by atoms with Gasteiger partial charge in [-0.3, -0.25) is 4.79 Å². The van der Waals surface area contributed by atoms with E-state index in [4.69, 9.17) is 28.3 Å². The fourth-order valence-corrected chi connectivity index (χ4v) is 2.42. The first-order chi connectivity index (χ1) is 8.25. The van der Waals surface area contributed by atoms with Crippen LogP contribution in [0.2, 0.25) is 10.0 Å². The van der Waals surface area contributed by atoms with Gasteiger partial charge in [-0.25, -0.2) is 13.6 Å². The standard InChI is InChI=1S/C10H10Cl2N2O3S/c1-2-3-9(15)14-10-7(11)4-6(5-8(10)12)18(13,16)17/h2-5H,1H3,(H,14,15)(H2,13,16,17)/b3-2+. The molecular weight excluding hydrogens is 299 g/mol. The number of nitrogens with two attached hydrogens (primary N) is 1. The van der Waals surface area contributed by atoms with Crippen LogP contribution in [-0.4, -0.2) is 14.3 Å².